The Morgan fingerprint density at radius 3 is 2.46 bits per heavy atom. The molecule has 1 aliphatic heterocycles. The van der Waals surface area contributed by atoms with E-state index in [1.54, 1.807) is 0 Å². The number of anilines is 1. The molecule has 0 saturated carbocycles. The zero-order chi connectivity index (χ0) is 26.4. The zero-order valence-corrected chi connectivity index (χ0v) is 21.8. The zero-order valence-electron chi connectivity index (χ0n) is 21.1. The topological polar surface area (TPSA) is 76.1 Å². The van der Waals surface area contributed by atoms with Gasteiger partial charge in [-0.2, -0.15) is 0 Å². The molecule has 0 spiro atoms. The van der Waals surface area contributed by atoms with Gasteiger partial charge in [-0.05, 0) is 51.8 Å². The highest BCUT2D eigenvalue weighted by molar-refractivity contribution is 6.28. The average molecular weight is 517 g/mol. The van der Waals surface area contributed by atoms with Gasteiger partial charge in [-0.1, -0.05) is 38.5 Å². The molecule has 2 aromatic rings. The van der Waals surface area contributed by atoms with Crippen LogP contribution >= 0.6 is 11.6 Å². The largest absolute Gasteiger partial charge is 0.379 e. The van der Waals surface area contributed by atoms with Crippen LogP contribution in [-0.2, 0) is 28.9 Å². The number of carbonyl (C=O) groups is 1. The van der Waals surface area contributed by atoms with Crippen LogP contribution in [0.5, 0.6) is 0 Å². The summed E-state index contributed by atoms with van der Waals surface area (Å²) in [5.41, 5.74) is 1.58. The predicted molar refractivity (Wildman–Crippen MR) is 134 cm³/mol. The maximum absolute atomic E-state index is 14.1. The summed E-state index contributed by atoms with van der Waals surface area (Å²) in [7, 11) is 1.98. The number of rotatable bonds is 8. The molecule has 1 aliphatic rings. The third kappa shape index (κ3) is 9.74. The summed E-state index contributed by atoms with van der Waals surface area (Å²) in [6, 6.07) is 3.97. The van der Waals surface area contributed by atoms with Gasteiger partial charge < -0.3 is 20.2 Å². The Morgan fingerprint density at radius 2 is 1.97 bits per heavy atom. The van der Waals surface area contributed by atoms with E-state index in [9.17, 15) is 13.2 Å². The standard InChI is InChI=1S/C17H19ClF3N3.C6H13NO.C2H4O/c1-3-6-13-11(4-2)16(24-17(18)23-13)22-9-10-7-5-8-12(14(10)19)15(20)21;1-6(7-2)3-4-8-5-6;1-2-3/h5,7-8,15H,3-4,6,9H2,1-2H3,(H,22,23,24);7H,3-5H2,1-2H3;2H,1H3. The highest BCUT2D eigenvalue weighted by Gasteiger charge is 2.26. The molecule has 6 nitrogen and oxygen atoms in total. The van der Waals surface area contributed by atoms with E-state index in [0.717, 1.165) is 56.1 Å². The number of nitrogens with zero attached hydrogens (tertiary/aromatic N) is 2. The van der Waals surface area contributed by atoms with Crippen LogP contribution in [0.15, 0.2) is 18.2 Å². The summed E-state index contributed by atoms with van der Waals surface area (Å²) < 4.78 is 44.9. The van der Waals surface area contributed by atoms with E-state index < -0.39 is 17.8 Å². The van der Waals surface area contributed by atoms with Crippen molar-refractivity contribution in [3.8, 4) is 0 Å². The molecule has 2 heterocycles. The molecular formula is C25H36ClF3N4O2. The lowest BCUT2D eigenvalue weighted by atomic mass is 10.0. The molecule has 10 heteroatoms. The minimum atomic E-state index is -2.85. The first-order valence-electron chi connectivity index (χ1n) is 11.7. The highest BCUT2D eigenvalue weighted by atomic mass is 35.5. The van der Waals surface area contributed by atoms with Gasteiger partial charge in [0.1, 0.15) is 17.9 Å². The molecule has 0 amide bonds. The lowest BCUT2D eigenvalue weighted by molar-refractivity contribution is -0.106. The van der Waals surface area contributed by atoms with E-state index in [4.69, 9.17) is 21.1 Å². The minimum absolute atomic E-state index is 0.0400. The van der Waals surface area contributed by atoms with E-state index in [1.165, 1.54) is 19.1 Å². The van der Waals surface area contributed by atoms with Gasteiger partial charge in [0.05, 0.1) is 17.9 Å². The SMILES string of the molecule is CC=O.CCCc1nc(Cl)nc(NCc2cccc(C(F)F)c2F)c1CC.CNC1(C)CCOC1. The quantitative estimate of drug-likeness (QED) is 0.335. The molecule has 196 valence electrons. The number of alkyl halides is 2. The first-order valence-corrected chi connectivity index (χ1v) is 12.0. The third-order valence-corrected chi connectivity index (χ3v) is 5.69. The molecule has 2 N–H and O–H groups in total. The lowest BCUT2D eigenvalue weighted by Crippen LogP contribution is -2.39. The minimum Gasteiger partial charge on any atom is -0.379 e. The van der Waals surface area contributed by atoms with Crippen molar-refractivity contribution in [3.63, 3.8) is 0 Å². The van der Waals surface area contributed by atoms with Gasteiger partial charge in [-0.3, -0.25) is 0 Å². The summed E-state index contributed by atoms with van der Waals surface area (Å²) >= 11 is 5.96. The monoisotopic (exact) mass is 516 g/mol. The molecule has 1 aromatic carbocycles. The highest BCUT2D eigenvalue weighted by Crippen LogP contribution is 2.26. The van der Waals surface area contributed by atoms with Gasteiger partial charge in [0, 0.05) is 29.8 Å². The van der Waals surface area contributed by atoms with Crippen LogP contribution in [0, 0.1) is 5.82 Å². The van der Waals surface area contributed by atoms with E-state index in [1.807, 2.05) is 20.9 Å². The van der Waals surface area contributed by atoms with Crippen molar-refractivity contribution in [2.24, 2.45) is 0 Å². The number of benzene rings is 1. The Hall–Kier alpha value is -2.23. The number of hydrogen-bond donors (Lipinski definition) is 2. The van der Waals surface area contributed by atoms with Gasteiger partial charge in [0.25, 0.3) is 6.43 Å². The predicted octanol–water partition coefficient (Wildman–Crippen LogP) is 5.92. The molecule has 0 aliphatic carbocycles. The normalized spacial score (nSPS) is 16.7. The Balaban J connectivity index is 0.000000461. The summed E-state index contributed by atoms with van der Waals surface area (Å²) in [5, 5.41) is 6.33. The second-order valence-electron chi connectivity index (χ2n) is 8.19. The number of hydrogen-bond acceptors (Lipinski definition) is 6. The Bertz CT molecular complexity index is 926. The van der Waals surface area contributed by atoms with Crippen molar-refractivity contribution in [2.75, 3.05) is 25.6 Å². The number of nitrogens with one attached hydrogen (secondary N) is 2. The Morgan fingerprint density at radius 1 is 1.29 bits per heavy atom. The molecule has 0 radical (unpaired) electrons. The fraction of sp³-hybridized carbons (Fsp3) is 0.560. The number of ether oxygens (including phenoxy) is 1. The van der Waals surface area contributed by atoms with Crippen LogP contribution in [0.25, 0.3) is 0 Å². The number of aromatic nitrogens is 2. The van der Waals surface area contributed by atoms with E-state index in [2.05, 4.69) is 27.5 Å². The second kappa shape index (κ2) is 15.7. The van der Waals surface area contributed by atoms with Gasteiger partial charge in [-0.15, -0.1) is 0 Å². The van der Waals surface area contributed by atoms with Crippen LogP contribution in [0.4, 0.5) is 19.0 Å². The molecule has 0 bridgehead atoms. The molecular weight excluding hydrogens is 481 g/mol. The van der Waals surface area contributed by atoms with Crippen LogP contribution in [0.1, 0.15) is 69.3 Å². The number of aldehydes is 1. The van der Waals surface area contributed by atoms with Crippen LogP contribution in [0.3, 0.4) is 0 Å². The van der Waals surface area contributed by atoms with Crippen LogP contribution in [-0.4, -0.2) is 42.1 Å². The van der Waals surface area contributed by atoms with Crippen molar-refractivity contribution in [2.45, 2.75) is 71.9 Å². The van der Waals surface area contributed by atoms with Gasteiger partial charge in [-0.25, -0.2) is 23.1 Å². The molecule has 35 heavy (non-hydrogen) atoms. The molecule has 3 rings (SSSR count). The van der Waals surface area contributed by atoms with Gasteiger partial charge in [0.2, 0.25) is 5.28 Å². The first kappa shape index (κ1) is 30.8. The second-order valence-corrected chi connectivity index (χ2v) is 8.53. The molecule has 1 saturated heterocycles. The fourth-order valence-electron chi connectivity index (χ4n) is 3.41. The fourth-order valence-corrected chi connectivity index (χ4v) is 3.60. The number of carbonyl (C=O) groups excluding carboxylic acids is 1. The molecule has 1 atom stereocenters. The summed E-state index contributed by atoms with van der Waals surface area (Å²) in [6.07, 6.45) is 1.40. The van der Waals surface area contributed by atoms with Gasteiger partial charge >= 0.3 is 0 Å². The smallest absolute Gasteiger partial charge is 0.266 e. The first-order chi connectivity index (χ1) is 16.7. The Labute approximate surface area is 211 Å². The van der Waals surface area contributed by atoms with Crippen molar-refractivity contribution in [3.05, 3.63) is 51.7 Å². The summed E-state index contributed by atoms with van der Waals surface area (Å²) in [4.78, 5) is 17.2. The molecule has 1 unspecified atom stereocenters. The van der Waals surface area contributed by atoms with E-state index >= 15 is 0 Å². The van der Waals surface area contributed by atoms with Crippen molar-refractivity contribution >= 4 is 23.7 Å². The number of halogens is 4. The Kier molecular flexibility index (Phi) is 13.8. The van der Waals surface area contributed by atoms with Gasteiger partial charge in [0.15, 0.2) is 0 Å². The van der Waals surface area contributed by atoms with Crippen LogP contribution < -0.4 is 10.6 Å². The summed E-state index contributed by atoms with van der Waals surface area (Å²) in [6.45, 7) is 9.45. The van der Waals surface area contributed by atoms with Crippen molar-refractivity contribution in [1.29, 1.82) is 0 Å². The number of aryl methyl sites for hydroxylation is 1. The lowest BCUT2D eigenvalue weighted by Gasteiger charge is -2.19. The molecule has 1 aromatic heterocycles. The van der Waals surface area contributed by atoms with E-state index in [-0.39, 0.29) is 22.9 Å². The third-order valence-electron chi connectivity index (χ3n) is 5.52. The van der Waals surface area contributed by atoms with Crippen molar-refractivity contribution in [1.82, 2.24) is 15.3 Å². The van der Waals surface area contributed by atoms with E-state index in [0.29, 0.717) is 12.2 Å². The summed E-state index contributed by atoms with van der Waals surface area (Å²) in [5.74, 6) is -0.380. The number of likely N-dealkylation sites (N-methyl/N-ethyl adjacent to an activating group) is 1. The van der Waals surface area contributed by atoms with Crippen LogP contribution in [0.2, 0.25) is 5.28 Å². The maximum Gasteiger partial charge on any atom is 0.266 e. The molecule has 1 fully saturated rings. The maximum atomic E-state index is 14.1. The average Bonchev–Trinajstić information content (AvgIpc) is 3.26. The van der Waals surface area contributed by atoms with Crippen molar-refractivity contribution < 1.29 is 22.7 Å².